The molecule has 3 nitrogen and oxygen atoms in total. The second-order valence-electron chi connectivity index (χ2n) is 1.91. The first-order valence-electron chi connectivity index (χ1n) is 2.71. The molecule has 0 bridgehead atoms. The van der Waals surface area contributed by atoms with Gasteiger partial charge in [-0.2, -0.15) is 8.42 Å². The molecule has 0 fully saturated rings. The highest BCUT2D eigenvalue weighted by molar-refractivity contribution is 7.85. The van der Waals surface area contributed by atoms with Crippen molar-refractivity contribution < 1.29 is 13.0 Å². The van der Waals surface area contributed by atoms with Gasteiger partial charge in [-0.15, -0.1) is 0 Å². The predicted molar refractivity (Wildman–Crippen MR) is 39.3 cm³/mol. The van der Waals surface area contributed by atoms with E-state index in [2.05, 4.69) is 0 Å². The number of halogens is 1. The molecule has 0 aromatic heterocycles. The summed E-state index contributed by atoms with van der Waals surface area (Å²) >= 11 is 5.45. The zero-order valence-electron chi connectivity index (χ0n) is 5.32. The van der Waals surface area contributed by atoms with Crippen molar-refractivity contribution in [2.75, 3.05) is 0 Å². The minimum absolute atomic E-state index is 0.238. The van der Waals surface area contributed by atoms with Crippen molar-refractivity contribution in [3.63, 3.8) is 0 Å². The van der Waals surface area contributed by atoms with E-state index in [0.29, 0.717) is 0 Å². The van der Waals surface area contributed by atoms with Crippen molar-refractivity contribution in [2.45, 2.75) is 4.90 Å². The van der Waals surface area contributed by atoms with Crippen LogP contribution in [0.5, 0.6) is 0 Å². The Labute approximate surface area is 69.4 Å². The zero-order valence-corrected chi connectivity index (χ0v) is 6.89. The van der Waals surface area contributed by atoms with Crippen LogP contribution >= 0.6 is 11.6 Å². The molecule has 0 unspecified atom stereocenters. The summed E-state index contributed by atoms with van der Waals surface area (Å²) in [6.07, 6.45) is 0. The van der Waals surface area contributed by atoms with Crippen LogP contribution in [0.15, 0.2) is 29.2 Å². The fourth-order valence-corrected chi connectivity index (χ4v) is 1.39. The number of benzene rings is 1. The van der Waals surface area contributed by atoms with E-state index in [1.54, 1.807) is 0 Å². The lowest BCUT2D eigenvalue weighted by atomic mass is 10.4. The standard InChI is InChI=1S/C6H4ClO3S/c7-5-2-1-3-6(4-5)11(8,9)10/h1-4H. The molecular weight excluding hydrogens is 188 g/mol. The fraction of sp³-hybridized carbons (Fsp3) is 0. The summed E-state index contributed by atoms with van der Waals surface area (Å²) in [6, 6.07) is 5.22. The van der Waals surface area contributed by atoms with Crippen molar-refractivity contribution in [3.05, 3.63) is 29.3 Å². The summed E-state index contributed by atoms with van der Waals surface area (Å²) in [4.78, 5) is -0.301. The van der Waals surface area contributed by atoms with Crippen LogP contribution in [-0.2, 0) is 14.7 Å². The Balaban J connectivity index is 3.28. The first-order chi connectivity index (χ1) is 5.00. The third kappa shape index (κ3) is 2.18. The molecule has 5 heteroatoms. The van der Waals surface area contributed by atoms with E-state index >= 15 is 0 Å². The average molecular weight is 192 g/mol. The molecule has 0 atom stereocenters. The molecule has 0 saturated heterocycles. The number of hydrogen-bond donors (Lipinski definition) is 0. The monoisotopic (exact) mass is 191 g/mol. The van der Waals surface area contributed by atoms with E-state index in [1.165, 1.54) is 18.2 Å². The Hall–Kier alpha value is -0.580. The Morgan fingerprint density at radius 1 is 1.27 bits per heavy atom. The van der Waals surface area contributed by atoms with Crippen LogP contribution in [-0.4, -0.2) is 8.42 Å². The van der Waals surface area contributed by atoms with Gasteiger partial charge in [0.1, 0.15) is 0 Å². The van der Waals surface area contributed by atoms with E-state index in [0.717, 1.165) is 6.07 Å². The highest BCUT2D eigenvalue weighted by Gasteiger charge is 2.10. The van der Waals surface area contributed by atoms with Crippen molar-refractivity contribution in [1.82, 2.24) is 0 Å². The summed E-state index contributed by atoms with van der Waals surface area (Å²) in [7, 11) is -4.36. The lowest BCUT2D eigenvalue weighted by molar-refractivity contribution is 0.414. The molecule has 1 rings (SSSR count). The van der Waals surface area contributed by atoms with Gasteiger partial charge in [0.15, 0.2) is 0 Å². The molecule has 0 aliphatic rings. The van der Waals surface area contributed by atoms with Crippen LogP contribution in [0.25, 0.3) is 0 Å². The van der Waals surface area contributed by atoms with Crippen molar-refractivity contribution in [1.29, 1.82) is 0 Å². The van der Waals surface area contributed by atoms with Crippen molar-refractivity contribution in [3.8, 4) is 0 Å². The lowest BCUT2D eigenvalue weighted by Gasteiger charge is -1.93. The first kappa shape index (κ1) is 8.52. The first-order valence-corrected chi connectivity index (χ1v) is 4.50. The minimum atomic E-state index is -4.36. The van der Waals surface area contributed by atoms with Crippen LogP contribution in [0, 0.1) is 0 Å². The molecule has 1 aromatic carbocycles. The van der Waals surface area contributed by atoms with Gasteiger partial charge in [-0.3, -0.25) is 0 Å². The smallest absolute Gasteiger partial charge is 0.192 e. The van der Waals surface area contributed by atoms with Crippen LogP contribution in [0.4, 0.5) is 0 Å². The molecule has 0 amide bonds. The lowest BCUT2D eigenvalue weighted by Crippen LogP contribution is -1.94. The van der Waals surface area contributed by atoms with Crippen LogP contribution in [0.2, 0.25) is 5.02 Å². The van der Waals surface area contributed by atoms with Crippen molar-refractivity contribution >= 4 is 21.7 Å². The van der Waals surface area contributed by atoms with Gasteiger partial charge in [0, 0.05) is 5.02 Å². The van der Waals surface area contributed by atoms with E-state index < -0.39 is 10.1 Å². The van der Waals surface area contributed by atoms with Gasteiger partial charge in [-0.1, -0.05) is 22.2 Å². The highest BCUT2D eigenvalue weighted by Crippen LogP contribution is 2.14. The second-order valence-corrected chi connectivity index (χ2v) is 3.73. The van der Waals surface area contributed by atoms with Gasteiger partial charge in [-0.05, 0) is 18.2 Å². The van der Waals surface area contributed by atoms with E-state index in [4.69, 9.17) is 11.6 Å². The third-order valence-corrected chi connectivity index (χ3v) is 2.15. The summed E-state index contributed by atoms with van der Waals surface area (Å²) in [5.74, 6) is 0. The van der Waals surface area contributed by atoms with Crippen LogP contribution in [0.3, 0.4) is 0 Å². The molecule has 0 aliphatic carbocycles. The van der Waals surface area contributed by atoms with Gasteiger partial charge in [0.2, 0.25) is 0 Å². The fourth-order valence-electron chi connectivity index (χ4n) is 0.623. The van der Waals surface area contributed by atoms with Crippen LogP contribution < -0.4 is 0 Å². The summed E-state index contributed by atoms with van der Waals surface area (Å²) in [6.45, 7) is 0. The van der Waals surface area contributed by atoms with E-state index in [1.807, 2.05) is 0 Å². The number of rotatable bonds is 1. The molecule has 1 aromatic rings. The molecule has 1 radical (unpaired) electrons. The largest absolute Gasteiger partial charge is 0.324 e. The molecule has 11 heavy (non-hydrogen) atoms. The maximum Gasteiger partial charge on any atom is 0.324 e. The number of hydrogen-bond acceptors (Lipinski definition) is 2. The van der Waals surface area contributed by atoms with Gasteiger partial charge in [0.05, 0.1) is 4.90 Å². The van der Waals surface area contributed by atoms with Gasteiger partial charge < -0.3 is 0 Å². The average Bonchev–Trinajstić information content (AvgIpc) is 1.86. The van der Waals surface area contributed by atoms with E-state index in [-0.39, 0.29) is 9.92 Å². The Morgan fingerprint density at radius 3 is 2.27 bits per heavy atom. The van der Waals surface area contributed by atoms with Crippen molar-refractivity contribution in [2.24, 2.45) is 0 Å². The van der Waals surface area contributed by atoms with Gasteiger partial charge in [-0.25, -0.2) is 0 Å². The molecule has 0 saturated carbocycles. The topological polar surface area (TPSA) is 54.0 Å². The van der Waals surface area contributed by atoms with E-state index in [9.17, 15) is 13.0 Å². The van der Waals surface area contributed by atoms with Gasteiger partial charge >= 0.3 is 10.1 Å². The molecule has 0 spiro atoms. The second kappa shape index (κ2) is 2.81. The van der Waals surface area contributed by atoms with Gasteiger partial charge in [0.25, 0.3) is 0 Å². The zero-order chi connectivity index (χ0) is 8.48. The minimum Gasteiger partial charge on any atom is -0.192 e. The maximum absolute atomic E-state index is 10.4. The molecule has 59 valence electrons. The quantitative estimate of drug-likeness (QED) is 0.675. The SMILES string of the molecule is [O]S(=O)(=O)c1cccc(Cl)c1. The third-order valence-electron chi connectivity index (χ3n) is 1.08. The summed E-state index contributed by atoms with van der Waals surface area (Å²) in [5, 5.41) is 0.238. The molecule has 0 heterocycles. The highest BCUT2D eigenvalue weighted by atomic mass is 35.5. The summed E-state index contributed by atoms with van der Waals surface area (Å²) in [5.41, 5.74) is 0. The maximum atomic E-state index is 10.4. The predicted octanol–water partition coefficient (Wildman–Crippen LogP) is 1.46. The molecule has 0 N–H and O–H groups in total. The van der Waals surface area contributed by atoms with Crippen LogP contribution in [0.1, 0.15) is 0 Å². The molecular formula is C6H4ClO3S. The summed E-state index contributed by atoms with van der Waals surface area (Å²) < 4.78 is 31.1. The Kier molecular flexibility index (Phi) is 2.17. The normalized spacial score (nSPS) is 11.5. The molecule has 0 aliphatic heterocycles. The Bertz CT molecular complexity index is 358. The Morgan fingerprint density at radius 2 is 1.91 bits per heavy atom.